The standard InChI is InChI=1S/C30H49N3O6S/c1-18-10-9-11-30(6)23(33(30)12-13-34)15-22(19(2)14-21-17-40-28(31-21)32(7)8)39-25(36)16-24(35)29(4,5)27(38)20(3)26(18)37/h14,17-18,20,22-24,26,34-35,37H,9-13,15-16H2,1-8H3/b19-14+/t18-,20+,22-,23-,24-,26-,30+,33?/m0/s1. The van der Waals surface area contributed by atoms with Crippen molar-refractivity contribution < 1.29 is 29.6 Å². The van der Waals surface area contributed by atoms with Crippen LogP contribution in [0, 0.1) is 17.3 Å². The highest BCUT2D eigenvalue weighted by Crippen LogP contribution is 2.48. The summed E-state index contributed by atoms with van der Waals surface area (Å²) < 4.78 is 6.02. The third-order valence-electron chi connectivity index (χ3n) is 9.19. The summed E-state index contributed by atoms with van der Waals surface area (Å²) in [5.41, 5.74) is 0.232. The summed E-state index contributed by atoms with van der Waals surface area (Å²) in [6.45, 7) is 11.6. The highest BCUT2D eigenvalue weighted by molar-refractivity contribution is 7.13. The lowest BCUT2D eigenvalue weighted by atomic mass is 9.73. The van der Waals surface area contributed by atoms with Gasteiger partial charge in [-0.1, -0.05) is 34.1 Å². The maximum Gasteiger partial charge on any atom is 0.309 e. The van der Waals surface area contributed by atoms with E-state index in [1.165, 1.54) is 11.3 Å². The number of aliphatic hydroxyl groups excluding tert-OH is 3. The molecule has 0 amide bonds. The number of Topliss-reactive ketones (excluding diaryl/α,β-unsaturated/α-hetero) is 1. The summed E-state index contributed by atoms with van der Waals surface area (Å²) in [5.74, 6) is -1.62. The van der Waals surface area contributed by atoms with Crippen LogP contribution in [-0.2, 0) is 14.3 Å². The third-order valence-corrected chi connectivity index (χ3v) is 10.2. The number of nitrogens with zero attached hydrogens (tertiary/aromatic N) is 3. The molecule has 3 rings (SSSR count). The predicted octanol–water partition coefficient (Wildman–Crippen LogP) is 3.51. The van der Waals surface area contributed by atoms with Crippen LogP contribution in [0.5, 0.6) is 0 Å². The molecule has 0 bridgehead atoms. The molecule has 40 heavy (non-hydrogen) atoms. The maximum atomic E-state index is 13.4. The Kier molecular flexibility index (Phi) is 10.6. The van der Waals surface area contributed by atoms with Gasteiger partial charge in [0.05, 0.1) is 36.3 Å². The molecule has 2 aliphatic rings. The quantitative estimate of drug-likeness (QED) is 0.355. The van der Waals surface area contributed by atoms with Crippen LogP contribution >= 0.6 is 11.3 Å². The number of carbonyl (C=O) groups is 2. The first-order chi connectivity index (χ1) is 18.6. The number of ketones is 1. The summed E-state index contributed by atoms with van der Waals surface area (Å²) in [5, 5.41) is 34.6. The van der Waals surface area contributed by atoms with Crippen LogP contribution in [0.4, 0.5) is 5.13 Å². The molecular formula is C30H49N3O6S. The topological polar surface area (TPSA) is 123 Å². The number of ether oxygens (including phenoxy) is 1. The van der Waals surface area contributed by atoms with Crippen LogP contribution in [0.15, 0.2) is 11.0 Å². The fraction of sp³-hybridized carbons (Fsp3) is 0.767. The summed E-state index contributed by atoms with van der Waals surface area (Å²) >= 11 is 1.53. The Labute approximate surface area is 243 Å². The van der Waals surface area contributed by atoms with Gasteiger partial charge in [-0.25, -0.2) is 4.98 Å². The number of hydrogen-bond donors (Lipinski definition) is 3. The molecule has 3 N–H and O–H groups in total. The average molecular weight is 580 g/mol. The number of fused-ring (bicyclic) bond motifs is 1. The molecule has 1 unspecified atom stereocenters. The van der Waals surface area contributed by atoms with E-state index in [2.05, 4.69) is 16.8 Å². The highest BCUT2D eigenvalue weighted by Gasteiger charge is 2.58. The van der Waals surface area contributed by atoms with Crippen molar-refractivity contribution in [2.75, 3.05) is 32.1 Å². The Bertz CT molecular complexity index is 1070. The third kappa shape index (κ3) is 7.13. The van der Waals surface area contributed by atoms with E-state index in [1.807, 2.05) is 44.3 Å². The van der Waals surface area contributed by atoms with Crippen LogP contribution in [0.2, 0.25) is 0 Å². The van der Waals surface area contributed by atoms with E-state index in [9.17, 15) is 24.9 Å². The molecule has 3 heterocycles. The van der Waals surface area contributed by atoms with E-state index in [1.54, 1.807) is 20.8 Å². The van der Waals surface area contributed by atoms with E-state index in [0.717, 1.165) is 35.7 Å². The number of rotatable bonds is 5. The van der Waals surface area contributed by atoms with E-state index in [4.69, 9.17) is 4.74 Å². The smallest absolute Gasteiger partial charge is 0.309 e. The molecule has 0 aromatic carbocycles. The van der Waals surface area contributed by atoms with Crippen LogP contribution in [0.3, 0.4) is 0 Å². The van der Waals surface area contributed by atoms with E-state index in [0.29, 0.717) is 13.0 Å². The first-order valence-corrected chi connectivity index (χ1v) is 15.3. The molecule has 2 fully saturated rings. The van der Waals surface area contributed by atoms with Gasteiger partial charge in [0.2, 0.25) is 0 Å². The normalized spacial score (nSPS) is 36.1. The number of aromatic nitrogens is 1. The molecule has 1 aromatic rings. The van der Waals surface area contributed by atoms with Crippen molar-refractivity contribution in [1.82, 2.24) is 9.88 Å². The Morgan fingerprint density at radius 3 is 2.52 bits per heavy atom. The SMILES string of the molecule is C/C(=C\c1csc(N(C)C)n1)[C@@H]1C[C@@H]2N(CCO)[C@]2(C)CCC[C@H](C)[C@H](O)[C@@H](C)C(=O)C(C)(C)[C@@H](O)CC(=O)O1. The lowest BCUT2D eigenvalue weighted by molar-refractivity contribution is -0.154. The van der Waals surface area contributed by atoms with Crippen LogP contribution in [-0.4, -0.2) is 94.1 Å². The Morgan fingerprint density at radius 1 is 1.25 bits per heavy atom. The van der Waals surface area contributed by atoms with E-state index >= 15 is 0 Å². The van der Waals surface area contributed by atoms with Gasteiger partial charge in [-0.05, 0) is 44.3 Å². The van der Waals surface area contributed by atoms with Gasteiger partial charge in [0.15, 0.2) is 5.13 Å². The number of thiazole rings is 1. The summed E-state index contributed by atoms with van der Waals surface area (Å²) in [7, 11) is 3.87. The van der Waals surface area contributed by atoms with Crippen molar-refractivity contribution in [2.24, 2.45) is 17.3 Å². The van der Waals surface area contributed by atoms with Crippen molar-refractivity contribution in [3.63, 3.8) is 0 Å². The number of carbonyl (C=O) groups excluding carboxylic acids is 2. The van der Waals surface area contributed by atoms with Gasteiger partial charge in [0.1, 0.15) is 11.9 Å². The predicted molar refractivity (Wildman–Crippen MR) is 158 cm³/mol. The molecule has 1 aromatic heterocycles. The Hall–Kier alpha value is -1.85. The Morgan fingerprint density at radius 2 is 1.93 bits per heavy atom. The van der Waals surface area contributed by atoms with Gasteiger partial charge < -0.3 is 25.0 Å². The highest BCUT2D eigenvalue weighted by atomic mass is 32.1. The number of cyclic esters (lactones) is 1. The van der Waals surface area contributed by atoms with Crippen molar-refractivity contribution in [3.8, 4) is 0 Å². The first kappa shape index (κ1) is 32.7. The summed E-state index contributed by atoms with van der Waals surface area (Å²) in [4.78, 5) is 35.4. The molecule has 8 atom stereocenters. The lowest BCUT2D eigenvalue weighted by Gasteiger charge is -2.34. The largest absolute Gasteiger partial charge is 0.458 e. The maximum absolute atomic E-state index is 13.4. The minimum atomic E-state index is -1.26. The molecule has 10 heteroatoms. The van der Waals surface area contributed by atoms with Crippen molar-refractivity contribution in [3.05, 3.63) is 16.6 Å². The number of hydrogen-bond acceptors (Lipinski definition) is 10. The van der Waals surface area contributed by atoms with Crippen LogP contribution in [0.1, 0.15) is 79.3 Å². The lowest BCUT2D eigenvalue weighted by Crippen LogP contribution is -2.45. The molecule has 2 saturated heterocycles. The fourth-order valence-electron chi connectivity index (χ4n) is 6.17. The number of anilines is 1. The van der Waals surface area contributed by atoms with Gasteiger partial charge >= 0.3 is 5.97 Å². The van der Waals surface area contributed by atoms with Crippen LogP contribution in [0.25, 0.3) is 6.08 Å². The van der Waals surface area contributed by atoms with Crippen LogP contribution < -0.4 is 4.90 Å². The molecule has 0 radical (unpaired) electrons. The van der Waals surface area contributed by atoms with Gasteiger partial charge in [0.25, 0.3) is 0 Å². The average Bonchev–Trinajstić information content (AvgIpc) is 3.18. The molecule has 0 aliphatic carbocycles. The fourth-order valence-corrected chi connectivity index (χ4v) is 6.88. The molecule has 9 nitrogen and oxygen atoms in total. The number of β-amino-alcohol motifs (C(OH)–C–C–N with tert-alkyl or cyclic N) is 1. The zero-order valence-electron chi connectivity index (χ0n) is 25.4. The molecule has 2 aliphatic heterocycles. The second-order valence-electron chi connectivity index (χ2n) is 12.8. The molecule has 0 spiro atoms. The van der Waals surface area contributed by atoms with E-state index < -0.39 is 35.6 Å². The number of aliphatic hydroxyl groups is 3. The molecule has 0 saturated carbocycles. The zero-order valence-corrected chi connectivity index (χ0v) is 26.2. The summed E-state index contributed by atoms with van der Waals surface area (Å²) in [6, 6.07) is 0.101. The van der Waals surface area contributed by atoms with Crippen molar-refractivity contribution in [1.29, 1.82) is 0 Å². The van der Waals surface area contributed by atoms with Gasteiger partial charge in [-0.15, -0.1) is 11.3 Å². The minimum Gasteiger partial charge on any atom is -0.458 e. The Balaban J connectivity index is 1.94. The van der Waals surface area contributed by atoms with Crippen molar-refractivity contribution >= 4 is 34.3 Å². The zero-order chi connectivity index (χ0) is 30.0. The van der Waals surface area contributed by atoms with Crippen molar-refractivity contribution in [2.45, 2.75) is 104 Å². The summed E-state index contributed by atoms with van der Waals surface area (Å²) in [6.07, 6.45) is 1.97. The number of esters is 1. The molecular weight excluding hydrogens is 530 g/mol. The molecule has 226 valence electrons. The van der Waals surface area contributed by atoms with Gasteiger partial charge in [-0.3, -0.25) is 14.5 Å². The second-order valence-corrected chi connectivity index (χ2v) is 13.6. The van der Waals surface area contributed by atoms with Gasteiger partial charge in [0, 0.05) is 49.9 Å². The minimum absolute atomic E-state index is 0.0352. The second kappa shape index (κ2) is 13.0. The van der Waals surface area contributed by atoms with Gasteiger partial charge in [-0.2, -0.15) is 0 Å². The first-order valence-electron chi connectivity index (χ1n) is 14.4. The monoisotopic (exact) mass is 579 g/mol. The van der Waals surface area contributed by atoms with E-state index in [-0.39, 0.29) is 36.3 Å².